The Morgan fingerprint density at radius 2 is 1.87 bits per heavy atom. The SMILES string of the molecule is Cc1c(CN(C(=O)O)C(C)(C)C)ccc2nc(NC(C)c3ccccc3)oc(=O)c12. The average Bonchev–Trinajstić information content (AvgIpc) is 2.66. The molecular formula is C23H27N3O4. The first-order chi connectivity index (χ1) is 14.1. The number of amides is 1. The van der Waals surface area contributed by atoms with Crippen LogP contribution >= 0.6 is 0 Å². The highest BCUT2D eigenvalue weighted by molar-refractivity contribution is 5.82. The van der Waals surface area contributed by atoms with Crippen LogP contribution in [0.25, 0.3) is 10.9 Å². The highest BCUT2D eigenvalue weighted by atomic mass is 16.4. The molecule has 3 rings (SSSR count). The summed E-state index contributed by atoms with van der Waals surface area (Å²) >= 11 is 0. The Balaban J connectivity index is 1.95. The van der Waals surface area contributed by atoms with Crippen LogP contribution in [0.2, 0.25) is 0 Å². The van der Waals surface area contributed by atoms with Gasteiger partial charge in [-0.15, -0.1) is 0 Å². The molecule has 3 aromatic rings. The maximum Gasteiger partial charge on any atom is 0.408 e. The first-order valence-corrected chi connectivity index (χ1v) is 9.83. The van der Waals surface area contributed by atoms with E-state index in [-0.39, 0.29) is 18.6 Å². The molecule has 7 heteroatoms. The number of rotatable bonds is 5. The third kappa shape index (κ3) is 4.45. The van der Waals surface area contributed by atoms with Crippen molar-refractivity contribution in [3.63, 3.8) is 0 Å². The smallest absolute Gasteiger partial charge is 0.408 e. The Kier molecular flexibility index (Phi) is 5.82. The highest BCUT2D eigenvalue weighted by Gasteiger charge is 2.27. The van der Waals surface area contributed by atoms with Crippen LogP contribution in [-0.4, -0.2) is 26.6 Å². The minimum Gasteiger partial charge on any atom is -0.465 e. The number of hydrogen-bond donors (Lipinski definition) is 2. The zero-order valence-electron chi connectivity index (χ0n) is 17.9. The third-order valence-electron chi connectivity index (χ3n) is 5.18. The van der Waals surface area contributed by atoms with Crippen molar-refractivity contribution in [3.8, 4) is 0 Å². The van der Waals surface area contributed by atoms with Crippen LogP contribution in [0.3, 0.4) is 0 Å². The van der Waals surface area contributed by atoms with Crippen LogP contribution in [0.4, 0.5) is 10.8 Å². The van der Waals surface area contributed by atoms with Crippen LogP contribution in [0.1, 0.15) is 50.4 Å². The predicted molar refractivity (Wildman–Crippen MR) is 117 cm³/mol. The van der Waals surface area contributed by atoms with E-state index in [1.807, 2.05) is 64.1 Å². The fourth-order valence-corrected chi connectivity index (χ4v) is 3.37. The van der Waals surface area contributed by atoms with Gasteiger partial charge in [0.25, 0.3) is 6.01 Å². The largest absolute Gasteiger partial charge is 0.465 e. The molecule has 0 bridgehead atoms. The lowest BCUT2D eigenvalue weighted by Gasteiger charge is -2.33. The number of carboxylic acid groups (broad SMARTS) is 1. The first-order valence-electron chi connectivity index (χ1n) is 9.83. The van der Waals surface area contributed by atoms with Crippen LogP contribution in [0.15, 0.2) is 51.7 Å². The molecule has 158 valence electrons. The zero-order valence-corrected chi connectivity index (χ0v) is 17.9. The van der Waals surface area contributed by atoms with Crippen LogP contribution in [0.5, 0.6) is 0 Å². The number of hydrogen-bond acceptors (Lipinski definition) is 5. The minimum absolute atomic E-state index is 0.0874. The lowest BCUT2D eigenvalue weighted by Crippen LogP contribution is -2.44. The van der Waals surface area contributed by atoms with Gasteiger partial charge >= 0.3 is 11.7 Å². The van der Waals surface area contributed by atoms with E-state index in [1.165, 1.54) is 4.90 Å². The molecule has 1 atom stereocenters. The number of nitrogens with zero attached hydrogens (tertiary/aromatic N) is 2. The number of nitrogens with one attached hydrogen (secondary N) is 1. The molecule has 0 fully saturated rings. The normalized spacial score (nSPS) is 12.6. The van der Waals surface area contributed by atoms with Crippen LogP contribution in [0, 0.1) is 6.92 Å². The summed E-state index contributed by atoms with van der Waals surface area (Å²) in [6, 6.07) is 13.4. The van der Waals surface area contributed by atoms with E-state index in [4.69, 9.17) is 4.42 Å². The second kappa shape index (κ2) is 8.18. The molecule has 2 N–H and O–H groups in total. The molecule has 0 spiro atoms. The fourth-order valence-electron chi connectivity index (χ4n) is 3.37. The maximum absolute atomic E-state index is 12.7. The van der Waals surface area contributed by atoms with Crippen molar-refractivity contribution in [1.29, 1.82) is 0 Å². The number of carbonyl (C=O) groups is 1. The Hall–Kier alpha value is -3.35. The first kappa shape index (κ1) is 21.4. The Morgan fingerprint density at radius 1 is 1.20 bits per heavy atom. The van der Waals surface area contributed by atoms with E-state index >= 15 is 0 Å². The van der Waals surface area contributed by atoms with Crippen LogP contribution < -0.4 is 10.9 Å². The van der Waals surface area contributed by atoms with E-state index in [0.29, 0.717) is 16.5 Å². The van der Waals surface area contributed by atoms with Crippen molar-refractivity contribution in [3.05, 3.63) is 69.6 Å². The Labute approximate surface area is 175 Å². The zero-order chi connectivity index (χ0) is 22.1. The van der Waals surface area contributed by atoms with Crippen molar-refractivity contribution in [2.45, 2.75) is 52.7 Å². The molecule has 0 radical (unpaired) electrons. The standard InChI is InChI=1S/C23H27N3O4/c1-14-17(13-26(22(28)29)23(3,4)5)11-12-18-19(14)20(27)30-21(25-18)24-15(2)16-9-7-6-8-10-16/h6-12,15H,13H2,1-5H3,(H,24,25)(H,28,29). The second-order valence-electron chi connectivity index (χ2n) is 8.37. The maximum atomic E-state index is 12.7. The van der Waals surface area contributed by atoms with Gasteiger partial charge in [-0.2, -0.15) is 4.98 Å². The molecule has 1 aromatic heterocycles. The summed E-state index contributed by atoms with van der Waals surface area (Å²) in [5.74, 6) is 0. The molecule has 1 unspecified atom stereocenters. The third-order valence-corrected chi connectivity index (χ3v) is 5.18. The summed E-state index contributed by atoms with van der Waals surface area (Å²) in [4.78, 5) is 30.2. The van der Waals surface area contributed by atoms with Gasteiger partial charge in [-0.05, 0) is 57.4 Å². The van der Waals surface area contributed by atoms with Gasteiger partial charge in [0.2, 0.25) is 0 Å². The molecule has 1 amide bonds. The Morgan fingerprint density at radius 3 is 2.47 bits per heavy atom. The van der Waals surface area contributed by atoms with Gasteiger partial charge in [0, 0.05) is 12.1 Å². The number of aryl methyl sites for hydroxylation is 1. The molecule has 2 aromatic carbocycles. The molecule has 0 aliphatic rings. The van der Waals surface area contributed by atoms with Gasteiger partial charge in [-0.3, -0.25) is 4.90 Å². The summed E-state index contributed by atoms with van der Waals surface area (Å²) in [6.45, 7) is 9.42. The number of aromatic nitrogens is 1. The highest BCUT2D eigenvalue weighted by Crippen LogP contribution is 2.25. The van der Waals surface area contributed by atoms with E-state index in [9.17, 15) is 14.7 Å². The second-order valence-corrected chi connectivity index (χ2v) is 8.37. The fraction of sp³-hybridized carbons (Fsp3) is 0.348. The van der Waals surface area contributed by atoms with Crippen molar-refractivity contribution in [1.82, 2.24) is 9.88 Å². The molecule has 30 heavy (non-hydrogen) atoms. The summed E-state index contributed by atoms with van der Waals surface area (Å²) in [6.07, 6.45) is -1.01. The molecule has 0 aliphatic heterocycles. The lowest BCUT2D eigenvalue weighted by molar-refractivity contribution is 0.0955. The van der Waals surface area contributed by atoms with E-state index in [0.717, 1.165) is 11.1 Å². The molecular weight excluding hydrogens is 382 g/mol. The van der Waals surface area contributed by atoms with Crippen molar-refractivity contribution in [2.75, 3.05) is 5.32 Å². The van der Waals surface area contributed by atoms with Gasteiger partial charge in [0.1, 0.15) is 0 Å². The summed E-state index contributed by atoms with van der Waals surface area (Å²) in [5, 5.41) is 13.1. The van der Waals surface area contributed by atoms with Crippen molar-refractivity contribution < 1.29 is 14.3 Å². The van der Waals surface area contributed by atoms with Gasteiger partial charge in [0.05, 0.1) is 16.9 Å². The minimum atomic E-state index is -1.01. The van der Waals surface area contributed by atoms with Crippen LogP contribution in [-0.2, 0) is 6.54 Å². The molecule has 0 saturated heterocycles. The molecule has 7 nitrogen and oxygen atoms in total. The van der Waals surface area contributed by atoms with Gasteiger partial charge in [0.15, 0.2) is 0 Å². The van der Waals surface area contributed by atoms with E-state index in [1.54, 1.807) is 13.0 Å². The lowest BCUT2D eigenvalue weighted by atomic mass is 10.0. The average molecular weight is 409 g/mol. The van der Waals surface area contributed by atoms with Crippen molar-refractivity contribution in [2.24, 2.45) is 0 Å². The summed E-state index contributed by atoms with van der Waals surface area (Å²) in [7, 11) is 0. The number of fused-ring (bicyclic) bond motifs is 1. The quantitative estimate of drug-likeness (QED) is 0.619. The van der Waals surface area contributed by atoms with E-state index in [2.05, 4.69) is 10.3 Å². The van der Waals surface area contributed by atoms with Gasteiger partial charge in [-0.25, -0.2) is 9.59 Å². The molecule has 0 aliphatic carbocycles. The monoisotopic (exact) mass is 409 g/mol. The predicted octanol–water partition coefficient (Wildman–Crippen LogP) is 4.95. The summed E-state index contributed by atoms with van der Waals surface area (Å²) in [5.41, 5.74) is 1.90. The van der Waals surface area contributed by atoms with Crippen molar-refractivity contribution >= 4 is 23.0 Å². The van der Waals surface area contributed by atoms with Gasteiger partial charge in [-0.1, -0.05) is 36.4 Å². The molecule has 1 heterocycles. The Bertz CT molecular complexity index is 1120. The summed E-state index contributed by atoms with van der Waals surface area (Å²) < 4.78 is 5.43. The van der Waals surface area contributed by atoms with Gasteiger partial charge < -0.3 is 14.8 Å². The molecule has 0 saturated carbocycles. The number of benzene rings is 2. The number of anilines is 1. The van der Waals surface area contributed by atoms with E-state index < -0.39 is 17.3 Å². The topological polar surface area (TPSA) is 95.7 Å².